The predicted octanol–water partition coefficient (Wildman–Crippen LogP) is 4.05. The van der Waals surface area contributed by atoms with Crippen LogP contribution < -0.4 is 19.7 Å². The van der Waals surface area contributed by atoms with E-state index in [-0.39, 0.29) is 18.3 Å². The lowest BCUT2D eigenvalue weighted by atomic mass is 10.1. The molecule has 0 saturated heterocycles. The van der Waals surface area contributed by atoms with Crippen LogP contribution in [0.25, 0.3) is 0 Å². The summed E-state index contributed by atoms with van der Waals surface area (Å²) in [7, 11) is 1.47. The lowest BCUT2D eigenvalue weighted by molar-refractivity contribution is -0.118. The number of fused-ring (bicyclic) bond motifs is 1. The van der Waals surface area contributed by atoms with Gasteiger partial charge in [-0.05, 0) is 60.5 Å². The van der Waals surface area contributed by atoms with Gasteiger partial charge in [0.2, 0.25) is 0 Å². The fraction of sp³-hybridized carbons (Fsp3) is 0.167. The molecular formula is C24H21FN2O4. The van der Waals surface area contributed by atoms with Gasteiger partial charge in [0.05, 0.1) is 7.11 Å². The van der Waals surface area contributed by atoms with Crippen molar-refractivity contribution in [3.8, 4) is 11.5 Å². The lowest BCUT2D eigenvalue weighted by Gasteiger charge is -2.18. The van der Waals surface area contributed by atoms with E-state index in [4.69, 9.17) is 9.47 Å². The molecule has 158 valence electrons. The second-order valence-corrected chi connectivity index (χ2v) is 7.04. The van der Waals surface area contributed by atoms with Crippen molar-refractivity contribution in [1.82, 2.24) is 0 Å². The minimum absolute atomic E-state index is 0.121. The van der Waals surface area contributed by atoms with Gasteiger partial charge in [-0.15, -0.1) is 0 Å². The molecule has 0 saturated carbocycles. The Morgan fingerprint density at radius 2 is 1.81 bits per heavy atom. The molecule has 31 heavy (non-hydrogen) atoms. The predicted molar refractivity (Wildman–Crippen MR) is 115 cm³/mol. The number of hydrogen-bond acceptors (Lipinski definition) is 4. The first-order valence-corrected chi connectivity index (χ1v) is 9.81. The molecule has 0 bridgehead atoms. The summed E-state index contributed by atoms with van der Waals surface area (Å²) in [6.07, 6.45) is 0.823. The van der Waals surface area contributed by atoms with Crippen LogP contribution in [0.5, 0.6) is 11.5 Å². The van der Waals surface area contributed by atoms with E-state index in [1.807, 2.05) is 24.3 Å². The van der Waals surface area contributed by atoms with Crippen LogP contribution in [0.2, 0.25) is 0 Å². The number of rotatable bonds is 6. The molecule has 0 radical (unpaired) electrons. The average molecular weight is 420 g/mol. The summed E-state index contributed by atoms with van der Waals surface area (Å²) in [6.45, 7) is 0.364. The van der Waals surface area contributed by atoms with Gasteiger partial charge in [0, 0.05) is 23.5 Å². The van der Waals surface area contributed by atoms with Gasteiger partial charge in [-0.1, -0.05) is 18.2 Å². The zero-order chi connectivity index (χ0) is 21.8. The fourth-order valence-corrected chi connectivity index (χ4v) is 3.50. The maximum absolute atomic E-state index is 13.0. The topological polar surface area (TPSA) is 67.9 Å². The average Bonchev–Trinajstić information content (AvgIpc) is 3.23. The molecule has 0 fully saturated rings. The van der Waals surface area contributed by atoms with Gasteiger partial charge in [0.25, 0.3) is 11.8 Å². The quantitative estimate of drug-likeness (QED) is 0.653. The molecule has 7 heteroatoms. The molecule has 1 N–H and O–H groups in total. The van der Waals surface area contributed by atoms with Crippen molar-refractivity contribution in [2.75, 3.05) is 30.5 Å². The molecule has 3 aromatic rings. The summed E-state index contributed by atoms with van der Waals surface area (Å²) >= 11 is 0. The normalized spacial score (nSPS) is 12.3. The molecule has 1 aliphatic rings. The number of carbonyl (C=O) groups is 2. The summed E-state index contributed by atoms with van der Waals surface area (Å²) in [5.41, 5.74) is 3.00. The van der Waals surface area contributed by atoms with E-state index >= 15 is 0 Å². The minimum Gasteiger partial charge on any atom is -0.493 e. The van der Waals surface area contributed by atoms with Gasteiger partial charge in [-0.2, -0.15) is 0 Å². The van der Waals surface area contributed by atoms with Crippen molar-refractivity contribution in [1.29, 1.82) is 0 Å². The highest BCUT2D eigenvalue weighted by atomic mass is 19.1. The van der Waals surface area contributed by atoms with E-state index in [1.165, 1.54) is 31.4 Å². The van der Waals surface area contributed by atoms with E-state index in [0.29, 0.717) is 29.3 Å². The van der Waals surface area contributed by atoms with Crippen molar-refractivity contribution in [2.45, 2.75) is 6.42 Å². The van der Waals surface area contributed by atoms with Crippen molar-refractivity contribution < 1.29 is 23.5 Å². The van der Waals surface area contributed by atoms with E-state index in [0.717, 1.165) is 17.7 Å². The highest BCUT2D eigenvalue weighted by molar-refractivity contribution is 6.07. The zero-order valence-electron chi connectivity index (χ0n) is 16.9. The number of ether oxygens (including phenoxy) is 2. The number of amides is 2. The highest BCUT2D eigenvalue weighted by Gasteiger charge is 2.25. The largest absolute Gasteiger partial charge is 0.493 e. The fourth-order valence-electron chi connectivity index (χ4n) is 3.50. The minimum atomic E-state index is -0.400. The Kier molecular flexibility index (Phi) is 5.84. The summed E-state index contributed by atoms with van der Waals surface area (Å²) in [6, 6.07) is 18.2. The first kappa shape index (κ1) is 20.4. The highest BCUT2D eigenvalue weighted by Crippen LogP contribution is 2.32. The smallest absolute Gasteiger partial charge is 0.262 e. The van der Waals surface area contributed by atoms with Crippen molar-refractivity contribution in [3.05, 3.63) is 83.7 Å². The van der Waals surface area contributed by atoms with E-state index in [1.54, 1.807) is 23.1 Å². The van der Waals surface area contributed by atoms with Gasteiger partial charge in [0.1, 0.15) is 5.82 Å². The second-order valence-electron chi connectivity index (χ2n) is 7.04. The Bertz CT molecular complexity index is 1110. The molecule has 0 unspecified atom stereocenters. The molecular weight excluding hydrogens is 399 g/mol. The first-order chi connectivity index (χ1) is 15.0. The Morgan fingerprint density at radius 1 is 1.03 bits per heavy atom. The Hall–Kier alpha value is -3.87. The number of halogens is 1. The summed E-state index contributed by atoms with van der Waals surface area (Å²) in [5, 5.41) is 2.62. The zero-order valence-corrected chi connectivity index (χ0v) is 16.9. The van der Waals surface area contributed by atoms with Crippen LogP contribution in [0.15, 0.2) is 66.7 Å². The van der Waals surface area contributed by atoms with E-state index in [2.05, 4.69) is 5.32 Å². The van der Waals surface area contributed by atoms with Crippen molar-refractivity contribution in [2.24, 2.45) is 0 Å². The monoisotopic (exact) mass is 420 g/mol. The summed E-state index contributed by atoms with van der Waals surface area (Å²) in [5.74, 6) is -0.208. The first-order valence-electron chi connectivity index (χ1n) is 9.81. The molecule has 1 heterocycles. The number of nitrogens with zero attached hydrogens (tertiary/aromatic N) is 1. The van der Waals surface area contributed by atoms with E-state index in [9.17, 15) is 14.0 Å². The lowest BCUT2D eigenvalue weighted by Crippen LogP contribution is -2.28. The van der Waals surface area contributed by atoms with Crippen molar-refractivity contribution >= 4 is 23.2 Å². The molecule has 1 aliphatic heterocycles. The van der Waals surface area contributed by atoms with Gasteiger partial charge in [-0.3, -0.25) is 9.59 Å². The number of anilines is 2. The van der Waals surface area contributed by atoms with Crippen LogP contribution in [0.1, 0.15) is 15.9 Å². The maximum Gasteiger partial charge on any atom is 0.262 e. The molecule has 0 spiro atoms. The van der Waals surface area contributed by atoms with Gasteiger partial charge < -0.3 is 19.7 Å². The third kappa shape index (κ3) is 4.50. The van der Waals surface area contributed by atoms with Crippen LogP contribution in [0.4, 0.5) is 15.8 Å². The molecule has 0 aliphatic carbocycles. The Balaban J connectivity index is 1.43. The van der Waals surface area contributed by atoms with Crippen molar-refractivity contribution in [3.63, 3.8) is 0 Å². The molecule has 0 atom stereocenters. The molecule has 6 nitrogen and oxygen atoms in total. The van der Waals surface area contributed by atoms with Gasteiger partial charge >= 0.3 is 0 Å². The molecule has 2 amide bonds. The second kappa shape index (κ2) is 8.87. The summed E-state index contributed by atoms with van der Waals surface area (Å²) in [4.78, 5) is 26.9. The Labute approximate surface area is 179 Å². The van der Waals surface area contributed by atoms with Gasteiger partial charge in [0.15, 0.2) is 18.1 Å². The van der Waals surface area contributed by atoms with Crippen LogP contribution in [-0.2, 0) is 11.2 Å². The maximum atomic E-state index is 13.0. The third-order valence-electron chi connectivity index (χ3n) is 5.03. The number of carbonyl (C=O) groups excluding carboxylic acids is 2. The molecule has 4 rings (SSSR count). The number of nitrogens with one attached hydrogen (secondary N) is 1. The summed E-state index contributed by atoms with van der Waals surface area (Å²) < 4.78 is 23.9. The van der Waals surface area contributed by atoms with Gasteiger partial charge in [-0.25, -0.2) is 4.39 Å². The number of methoxy groups -OCH3 is 1. The SMILES string of the molecule is COc1cc(C(=O)N2CCc3ccccc32)ccc1OCC(=O)Nc1ccc(F)cc1. The number of benzene rings is 3. The van der Waals surface area contributed by atoms with Crippen LogP contribution >= 0.6 is 0 Å². The Morgan fingerprint density at radius 3 is 2.58 bits per heavy atom. The third-order valence-corrected chi connectivity index (χ3v) is 5.03. The standard InChI is InChI=1S/C24H21FN2O4/c1-30-22-14-17(24(29)27-13-12-16-4-2-3-5-20(16)27)6-11-21(22)31-15-23(28)26-19-9-7-18(25)8-10-19/h2-11,14H,12-13,15H2,1H3,(H,26,28). The molecule has 0 aromatic heterocycles. The van der Waals surface area contributed by atoms with E-state index < -0.39 is 5.91 Å². The number of hydrogen-bond donors (Lipinski definition) is 1. The van der Waals surface area contributed by atoms with Crippen LogP contribution in [0.3, 0.4) is 0 Å². The van der Waals surface area contributed by atoms with Crippen LogP contribution in [-0.4, -0.2) is 32.1 Å². The van der Waals surface area contributed by atoms with Crippen LogP contribution in [0, 0.1) is 5.82 Å². The molecule has 3 aromatic carbocycles. The number of para-hydroxylation sites is 1.